The summed E-state index contributed by atoms with van der Waals surface area (Å²) in [6.45, 7) is 3.25. The Hall–Kier alpha value is -1.46. The lowest BCUT2D eigenvalue weighted by Crippen LogP contribution is -2.42. The van der Waals surface area contributed by atoms with Gasteiger partial charge in [0.15, 0.2) is 0 Å². The molecule has 5 nitrogen and oxygen atoms in total. The van der Waals surface area contributed by atoms with Gasteiger partial charge in [-0.25, -0.2) is 0 Å². The highest BCUT2D eigenvalue weighted by atomic mass is 16.5. The van der Waals surface area contributed by atoms with Crippen molar-refractivity contribution in [3.8, 4) is 0 Å². The molecule has 0 aromatic carbocycles. The lowest BCUT2D eigenvalue weighted by atomic mass is 10.1. The van der Waals surface area contributed by atoms with Gasteiger partial charge in [0.2, 0.25) is 5.91 Å². The lowest BCUT2D eigenvalue weighted by molar-refractivity contribution is -0.134. The first-order valence-electron chi connectivity index (χ1n) is 8.60. The van der Waals surface area contributed by atoms with Gasteiger partial charge in [-0.15, -0.1) is 0 Å². The molecule has 23 heavy (non-hydrogen) atoms. The molecule has 126 valence electrons. The van der Waals surface area contributed by atoms with Crippen LogP contribution in [0.3, 0.4) is 0 Å². The van der Waals surface area contributed by atoms with Gasteiger partial charge >= 0.3 is 0 Å². The number of likely N-dealkylation sites (N-methyl/N-ethyl adjacent to an activating group) is 1. The largest absolute Gasteiger partial charge is 0.376 e. The number of hydrogen-bond acceptors (Lipinski definition) is 4. The van der Waals surface area contributed by atoms with E-state index in [1.807, 2.05) is 31.3 Å². The average molecular weight is 317 g/mol. The van der Waals surface area contributed by atoms with Gasteiger partial charge in [0.1, 0.15) is 0 Å². The Morgan fingerprint density at radius 1 is 1.39 bits per heavy atom. The molecule has 3 rings (SSSR count). The summed E-state index contributed by atoms with van der Waals surface area (Å²) >= 11 is 0. The van der Waals surface area contributed by atoms with Crippen molar-refractivity contribution >= 4 is 5.91 Å². The van der Waals surface area contributed by atoms with E-state index in [-0.39, 0.29) is 17.9 Å². The molecular formula is C18H27N3O2. The molecule has 2 fully saturated rings. The topological polar surface area (TPSA) is 45.7 Å². The SMILES string of the molecule is CN(C)CCN(C[C@@H]1CCCO1)C(=O)[C@@H]1C[C@H]1c1cccnc1. The van der Waals surface area contributed by atoms with Crippen molar-refractivity contribution in [2.75, 3.05) is 40.3 Å². The molecule has 1 aromatic heterocycles. The second-order valence-electron chi connectivity index (χ2n) is 6.96. The molecule has 0 radical (unpaired) electrons. The molecule has 1 saturated carbocycles. The predicted octanol–water partition coefficient (Wildman–Crippen LogP) is 1.75. The molecule has 2 heterocycles. The third-order valence-electron chi connectivity index (χ3n) is 4.80. The summed E-state index contributed by atoms with van der Waals surface area (Å²) in [6, 6.07) is 4.03. The molecule has 1 amide bonds. The van der Waals surface area contributed by atoms with Crippen LogP contribution in [0.1, 0.15) is 30.7 Å². The van der Waals surface area contributed by atoms with Crippen molar-refractivity contribution in [1.29, 1.82) is 0 Å². The summed E-state index contributed by atoms with van der Waals surface area (Å²) in [5.41, 5.74) is 1.19. The highest BCUT2D eigenvalue weighted by Crippen LogP contribution is 2.48. The third-order valence-corrected chi connectivity index (χ3v) is 4.80. The van der Waals surface area contributed by atoms with Crippen LogP contribution in [0.25, 0.3) is 0 Å². The zero-order valence-corrected chi connectivity index (χ0v) is 14.1. The van der Waals surface area contributed by atoms with E-state index in [2.05, 4.69) is 16.0 Å². The maximum Gasteiger partial charge on any atom is 0.226 e. The molecule has 1 aliphatic heterocycles. The minimum absolute atomic E-state index is 0.128. The van der Waals surface area contributed by atoms with Gasteiger partial charge in [0.05, 0.1) is 6.10 Å². The van der Waals surface area contributed by atoms with Crippen molar-refractivity contribution in [3.63, 3.8) is 0 Å². The molecule has 3 atom stereocenters. The quantitative estimate of drug-likeness (QED) is 0.769. The zero-order valence-electron chi connectivity index (χ0n) is 14.1. The fourth-order valence-corrected chi connectivity index (χ4v) is 3.31. The Morgan fingerprint density at radius 2 is 2.26 bits per heavy atom. The number of pyridine rings is 1. The van der Waals surface area contributed by atoms with Crippen molar-refractivity contribution in [3.05, 3.63) is 30.1 Å². The number of amides is 1. The van der Waals surface area contributed by atoms with Crippen LogP contribution in [0.5, 0.6) is 0 Å². The van der Waals surface area contributed by atoms with Crippen molar-refractivity contribution in [2.24, 2.45) is 5.92 Å². The van der Waals surface area contributed by atoms with Crippen LogP contribution in [0.2, 0.25) is 0 Å². The van der Waals surface area contributed by atoms with E-state index in [9.17, 15) is 4.79 Å². The molecule has 0 unspecified atom stereocenters. The van der Waals surface area contributed by atoms with E-state index >= 15 is 0 Å². The Kier molecular flexibility index (Phi) is 5.28. The van der Waals surface area contributed by atoms with Crippen molar-refractivity contribution in [2.45, 2.75) is 31.3 Å². The van der Waals surface area contributed by atoms with Gasteiger partial charge in [-0.3, -0.25) is 9.78 Å². The molecule has 0 bridgehead atoms. The number of hydrogen-bond donors (Lipinski definition) is 0. The van der Waals surface area contributed by atoms with Crippen LogP contribution in [-0.2, 0) is 9.53 Å². The molecular weight excluding hydrogens is 290 g/mol. The lowest BCUT2D eigenvalue weighted by Gasteiger charge is -2.27. The predicted molar refractivity (Wildman–Crippen MR) is 89.2 cm³/mol. The molecule has 0 N–H and O–H groups in total. The number of aromatic nitrogens is 1. The van der Waals surface area contributed by atoms with Crippen LogP contribution in [0.15, 0.2) is 24.5 Å². The molecule has 5 heteroatoms. The van der Waals surface area contributed by atoms with Crippen LogP contribution >= 0.6 is 0 Å². The van der Waals surface area contributed by atoms with E-state index in [1.54, 1.807) is 6.20 Å². The molecule has 0 spiro atoms. The van der Waals surface area contributed by atoms with Crippen LogP contribution in [0, 0.1) is 5.92 Å². The van der Waals surface area contributed by atoms with Crippen LogP contribution in [0.4, 0.5) is 0 Å². The molecule has 1 saturated heterocycles. The van der Waals surface area contributed by atoms with Crippen molar-refractivity contribution < 1.29 is 9.53 Å². The molecule has 1 aromatic rings. The number of rotatable bonds is 7. The summed E-state index contributed by atoms with van der Waals surface area (Å²) in [5, 5.41) is 0. The minimum atomic E-state index is 0.128. The normalized spacial score (nSPS) is 26.5. The van der Waals surface area contributed by atoms with Crippen LogP contribution < -0.4 is 0 Å². The summed E-state index contributed by atoms with van der Waals surface area (Å²) < 4.78 is 5.73. The minimum Gasteiger partial charge on any atom is -0.376 e. The van der Waals surface area contributed by atoms with Crippen molar-refractivity contribution in [1.82, 2.24) is 14.8 Å². The number of carbonyl (C=O) groups is 1. The summed E-state index contributed by atoms with van der Waals surface area (Å²) in [5.74, 6) is 0.765. The second-order valence-corrected chi connectivity index (χ2v) is 6.96. The smallest absolute Gasteiger partial charge is 0.226 e. The van der Waals surface area contributed by atoms with E-state index in [1.165, 1.54) is 5.56 Å². The molecule has 1 aliphatic carbocycles. The Labute approximate surface area is 138 Å². The van der Waals surface area contributed by atoms with Crippen LogP contribution in [-0.4, -0.2) is 67.1 Å². The summed E-state index contributed by atoms with van der Waals surface area (Å²) in [6.07, 6.45) is 7.03. The second kappa shape index (κ2) is 7.41. The van der Waals surface area contributed by atoms with E-state index in [0.29, 0.717) is 5.92 Å². The Morgan fingerprint density at radius 3 is 2.91 bits per heavy atom. The van der Waals surface area contributed by atoms with E-state index < -0.39 is 0 Å². The maximum absolute atomic E-state index is 12.9. The fraction of sp³-hybridized carbons (Fsp3) is 0.667. The number of carbonyl (C=O) groups excluding carboxylic acids is 1. The highest BCUT2D eigenvalue weighted by molar-refractivity contribution is 5.83. The Bertz CT molecular complexity index is 514. The van der Waals surface area contributed by atoms with Gasteiger partial charge < -0.3 is 14.5 Å². The first kappa shape index (κ1) is 16.4. The van der Waals surface area contributed by atoms with E-state index in [4.69, 9.17) is 4.74 Å². The van der Waals surface area contributed by atoms with Gasteiger partial charge in [-0.1, -0.05) is 6.07 Å². The monoisotopic (exact) mass is 317 g/mol. The number of nitrogens with zero attached hydrogens (tertiary/aromatic N) is 3. The summed E-state index contributed by atoms with van der Waals surface area (Å²) in [7, 11) is 4.09. The first-order valence-corrected chi connectivity index (χ1v) is 8.60. The summed E-state index contributed by atoms with van der Waals surface area (Å²) in [4.78, 5) is 21.2. The number of ether oxygens (including phenoxy) is 1. The highest BCUT2D eigenvalue weighted by Gasteiger charge is 2.46. The average Bonchev–Trinajstić information content (AvgIpc) is 3.20. The molecule has 2 aliphatic rings. The van der Waals surface area contributed by atoms with Gasteiger partial charge in [-0.2, -0.15) is 0 Å². The fourth-order valence-electron chi connectivity index (χ4n) is 3.31. The van der Waals surface area contributed by atoms with Gasteiger partial charge in [-0.05, 0) is 50.9 Å². The van der Waals surface area contributed by atoms with Gasteiger partial charge in [0.25, 0.3) is 0 Å². The van der Waals surface area contributed by atoms with E-state index in [0.717, 1.165) is 45.5 Å². The third kappa shape index (κ3) is 4.30. The maximum atomic E-state index is 12.9. The zero-order chi connectivity index (χ0) is 16.2. The van der Waals surface area contributed by atoms with Gasteiger partial charge in [0, 0.05) is 44.6 Å². The Balaban J connectivity index is 1.60. The first-order chi connectivity index (χ1) is 11.1. The standard InChI is InChI=1S/C18H27N3O2/c1-20(2)8-9-21(13-15-6-4-10-23-15)18(22)17-11-16(17)14-5-3-7-19-12-14/h3,5,7,12,15-17H,4,6,8-11,13H2,1-2H3/t15-,16-,17+/m0/s1.